The molecule has 17 heavy (non-hydrogen) atoms. The Balaban J connectivity index is 3.17. The van der Waals surface area contributed by atoms with E-state index in [-0.39, 0.29) is 5.91 Å². The van der Waals surface area contributed by atoms with E-state index in [0.717, 1.165) is 51.1 Å². The molecular weight excluding hydrogens is 218 g/mol. The van der Waals surface area contributed by atoms with Gasteiger partial charge in [0.1, 0.15) is 12.6 Å². The molecule has 1 N–H and O–H groups in total. The highest BCUT2D eigenvalue weighted by atomic mass is 16.1. The van der Waals surface area contributed by atoms with E-state index in [9.17, 15) is 14.4 Å². The quantitative estimate of drug-likeness (QED) is 0.420. The predicted molar refractivity (Wildman–Crippen MR) is 66.7 cm³/mol. The Morgan fingerprint density at radius 3 is 2.06 bits per heavy atom. The van der Waals surface area contributed by atoms with Crippen LogP contribution in [0.5, 0.6) is 0 Å². The molecule has 0 unspecified atom stereocenters. The molecule has 0 aliphatic carbocycles. The highest BCUT2D eigenvalue weighted by Crippen LogP contribution is 2.04. The molecule has 4 nitrogen and oxygen atoms in total. The Labute approximate surface area is 103 Å². The first-order valence-electron chi connectivity index (χ1n) is 6.45. The van der Waals surface area contributed by atoms with Gasteiger partial charge in [0.2, 0.25) is 5.91 Å². The molecule has 0 fully saturated rings. The Kier molecular flexibility index (Phi) is 12.0. The highest BCUT2D eigenvalue weighted by molar-refractivity contribution is 5.75. The number of carbonyl (C=O) groups is 3. The van der Waals surface area contributed by atoms with Crippen LogP contribution in [0.2, 0.25) is 0 Å². The van der Waals surface area contributed by atoms with Crippen LogP contribution >= 0.6 is 0 Å². The van der Waals surface area contributed by atoms with Crippen LogP contribution in [-0.2, 0) is 14.4 Å². The van der Waals surface area contributed by atoms with Gasteiger partial charge in [-0.25, -0.2) is 0 Å². The summed E-state index contributed by atoms with van der Waals surface area (Å²) < 4.78 is 0. The van der Waals surface area contributed by atoms with Crippen molar-refractivity contribution in [3.05, 3.63) is 0 Å². The van der Waals surface area contributed by atoms with Crippen molar-refractivity contribution in [2.24, 2.45) is 0 Å². The minimum absolute atomic E-state index is 0.0893. The molecule has 0 aliphatic heterocycles. The van der Waals surface area contributed by atoms with E-state index in [2.05, 4.69) is 5.32 Å². The van der Waals surface area contributed by atoms with Gasteiger partial charge in [-0.15, -0.1) is 0 Å². The molecule has 0 heterocycles. The van der Waals surface area contributed by atoms with Gasteiger partial charge < -0.3 is 14.9 Å². The molecule has 0 radical (unpaired) electrons. The van der Waals surface area contributed by atoms with Crippen LogP contribution in [0.15, 0.2) is 0 Å². The first-order chi connectivity index (χ1) is 8.31. The second-order valence-corrected chi connectivity index (χ2v) is 4.13. The number of hydrogen-bond donors (Lipinski definition) is 1. The first kappa shape index (κ1) is 15.8. The zero-order chi connectivity index (χ0) is 12.8. The molecule has 0 spiro atoms. The Hall–Kier alpha value is -1.19. The third-order valence-corrected chi connectivity index (χ3v) is 2.55. The molecule has 0 aliphatic rings. The smallest absolute Gasteiger partial charge is 0.219 e. The van der Waals surface area contributed by atoms with Crippen LogP contribution in [-0.4, -0.2) is 25.0 Å². The topological polar surface area (TPSA) is 63.2 Å². The lowest BCUT2D eigenvalue weighted by atomic mass is 10.1. The van der Waals surface area contributed by atoms with Crippen molar-refractivity contribution in [3.63, 3.8) is 0 Å². The third kappa shape index (κ3) is 12.7. The van der Waals surface area contributed by atoms with Crippen molar-refractivity contribution >= 4 is 18.5 Å². The number of nitrogens with one attached hydrogen (secondary N) is 1. The van der Waals surface area contributed by atoms with Gasteiger partial charge >= 0.3 is 0 Å². The van der Waals surface area contributed by atoms with Crippen LogP contribution in [0, 0.1) is 0 Å². The highest BCUT2D eigenvalue weighted by Gasteiger charge is 1.99. The third-order valence-electron chi connectivity index (χ3n) is 2.55. The number of unbranched alkanes of at least 4 members (excludes halogenated alkanes) is 6. The van der Waals surface area contributed by atoms with E-state index in [1.165, 1.54) is 0 Å². The fourth-order valence-corrected chi connectivity index (χ4v) is 1.54. The van der Waals surface area contributed by atoms with Gasteiger partial charge in [-0.1, -0.05) is 12.8 Å². The minimum Gasteiger partial charge on any atom is -0.356 e. The summed E-state index contributed by atoms with van der Waals surface area (Å²) in [4.78, 5) is 31.4. The molecule has 1 amide bonds. The van der Waals surface area contributed by atoms with Crippen molar-refractivity contribution in [3.8, 4) is 0 Å². The van der Waals surface area contributed by atoms with Crippen molar-refractivity contribution < 1.29 is 14.4 Å². The maximum Gasteiger partial charge on any atom is 0.219 e. The zero-order valence-electron chi connectivity index (χ0n) is 10.5. The maximum absolute atomic E-state index is 11.3. The van der Waals surface area contributed by atoms with Crippen LogP contribution < -0.4 is 5.32 Å². The van der Waals surface area contributed by atoms with Gasteiger partial charge in [0.15, 0.2) is 0 Å². The van der Waals surface area contributed by atoms with Gasteiger partial charge in [0.05, 0.1) is 0 Å². The van der Waals surface area contributed by atoms with Crippen LogP contribution in [0.4, 0.5) is 0 Å². The lowest BCUT2D eigenvalue weighted by Gasteiger charge is -2.04. The first-order valence-corrected chi connectivity index (χ1v) is 6.45. The number of carbonyl (C=O) groups excluding carboxylic acids is 3. The maximum atomic E-state index is 11.3. The van der Waals surface area contributed by atoms with Crippen molar-refractivity contribution in [1.82, 2.24) is 5.32 Å². The molecular formula is C13H23NO3. The number of rotatable bonds is 12. The van der Waals surface area contributed by atoms with Gasteiger partial charge in [0, 0.05) is 25.8 Å². The fraction of sp³-hybridized carbons (Fsp3) is 0.769. The Morgan fingerprint density at radius 2 is 1.41 bits per heavy atom. The van der Waals surface area contributed by atoms with E-state index in [0.29, 0.717) is 25.8 Å². The molecule has 0 aromatic heterocycles. The largest absolute Gasteiger partial charge is 0.356 e. The molecule has 0 saturated heterocycles. The summed E-state index contributed by atoms with van der Waals surface area (Å²) in [5.74, 6) is 0.0893. The second-order valence-electron chi connectivity index (χ2n) is 4.13. The molecule has 4 heteroatoms. The average Bonchev–Trinajstić information content (AvgIpc) is 2.33. The van der Waals surface area contributed by atoms with Crippen molar-refractivity contribution in [2.45, 2.75) is 57.8 Å². The van der Waals surface area contributed by atoms with Crippen LogP contribution in [0.1, 0.15) is 57.8 Å². The van der Waals surface area contributed by atoms with Crippen molar-refractivity contribution in [2.75, 3.05) is 6.54 Å². The lowest BCUT2D eigenvalue weighted by molar-refractivity contribution is -0.121. The molecule has 0 aromatic carbocycles. The van der Waals surface area contributed by atoms with E-state index >= 15 is 0 Å². The molecule has 0 bridgehead atoms. The summed E-state index contributed by atoms with van der Waals surface area (Å²) in [7, 11) is 0. The van der Waals surface area contributed by atoms with Gasteiger partial charge in [-0.2, -0.15) is 0 Å². The van der Waals surface area contributed by atoms with E-state index in [1.54, 1.807) is 0 Å². The standard InChI is InChI=1S/C13H23NO3/c15-11-7-3-1-2-5-9-13(17)14-10-6-4-8-12-16/h11-12H,1-10H2,(H,14,17). The van der Waals surface area contributed by atoms with E-state index in [1.807, 2.05) is 0 Å². The lowest BCUT2D eigenvalue weighted by Crippen LogP contribution is -2.23. The van der Waals surface area contributed by atoms with E-state index < -0.39 is 0 Å². The monoisotopic (exact) mass is 241 g/mol. The number of hydrogen-bond acceptors (Lipinski definition) is 3. The van der Waals surface area contributed by atoms with Crippen LogP contribution in [0.3, 0.4) is 0 Å². The summed E-state index contributed by atoms with van der Waals surface area (Å²) in [6.07, 6.45) is 9.16. The molecule has 98 valence electrons. The Morgan fingerprint density at radius 1 is 0.824 bits per heavy atom. The number of amides is 1. The molecule has 0 aromatic rings. The summed E-state index contributed by atoms with van der Waals surface area (Å²) >= 11 is 0. The summed E-state index contributed by atoms with van der Waals surface area (Å²) in [5.41, 5.74) is 0. The SMILES string of the molecule is O=CCCCCCCC(=O)NCCCCC=O. The van der Waals surface area contributed by atoms with E-state index in [4.69, 9.17) is 0 Å². The van der Waals surface area contributed by atoms with Gasteiger partial charge in [-0.3, -0.25) is 4.79 Å². The van der Waals surface area contributed by atoms with Gasteiger partial charge in [0.25, 0.3) is 0 Å². The van der Waals surface area contributed by atoms with Gasteiger partial charge in [-0.05, 0) is 25.7 Å². The normalized spacial score (nSPS) is 9.88. The summed E-state index contributed by atoms with van der Waals surface area (Å²) in [5, 5.41) is 2.83. The minimum atomic E-state index is 0.0893. The summed E-state index contributed by atoms with van der Waals surface area (Å²) in [6.45, 7) is 0.664. The average molecular weight is 241 g/mol. The second kappa shape index (κ2) is 12.9. The molecule has 0 rings (SSSR count). The summed E-state index contributed by atoms with van der Waals surface area (Å²) in [6, 6.07) is 0. The fourth-order valence-electron chi connectivity index (χ4n) is 1.54. The zero-order valence-corrected chi connectivity index (χ0v) is 10.5. The predicted octanol–water partition coefficient (Wildman–Crippen LogP) is 2.01. The van der Waals surface area contributed by atoms with Crippen molar-refractivity contribution in [1.29, 1.82) is 0 Å². The molecule has 0 atom stereocenters. The molecule has 0 saturated carbocycles. The Bertz CT molecular complexity index is 217. The number of aldehydes is 2. The van der Waals surface area contributed by atoms with Crippen LogP contribution in [0.25, 0.3) is 0 Å².